The van der Waals surface area contributed by atoms with Gasteiger partial charge in [0.25, 0.3) is 15.8 Å². The predicted molar refractivity (Wildman–Crippen MR) is 81.0 cm³/mol. The molecule has 2 aromatic carbocycles. The normalized spacial score (nSPS) is 12.8. The Labute approximate surface area is 128 Å². The Morgan fingerprint density at radius 3 is 2.41 bits per heavy atom. The molecular weight excluding hydrogens is 310 g/mol. The van der Waals surface area contributed by atoms with E-state index in [0.717, 1.165) is 5.56 Å². The van der Waals surface area contributed by atoms with Gasteiger partial charge in [0.2, 0.25) is 0 Å². The van der Waals surface area contributed by atoms with Crippen LogP contribution in [-0.2, 0) is 14.3 Å². The van der Waals surface area contributed by atoms with Gasteiger partial charge in [-0.05, 0) is 31.5 Å². The van der Waals surface area contributed by atoms with Crippen molar-refractivity contribution in [3.8, 4) is 0 Å². The number of nitro benzene ring substituents is 1. The smallest absolute Gasteiger partial charge is 0.258 e. The molecule has 0 heterocycles. The van der Waals surface area contributed by atoms with Crippen LogP contribution in [0.25, 0.3) is 0 Å². The third kappa shape index (κ3) is 3.69. The Balaban J connectivity index is 2.24. The zero-order valence-electron chi connectivity index (χ0n) is 12.1. The third-order valence-electron chi connectivity index (χ3n) is 3.13. The van der Waals surface area contributed by atoms with Crippen LogP contribution in [0, 0.1) is 17.0 Å². The van der Waals surface area contributed by atoms with Gasteiger partial charge in [0.1, 0.15) is 0 Å². The highest BCUT2D eigenvalue weighted by Gasteiger charge is 2.21. The second-order valence-corrected chi connectivity index (χ2v) is 6.43. The summed E-state index contributed by atoms with van der Waals surface area (Å²) in [4.78, 5) is 10.3. The van der Waals surface area contributed by atoms with Crippen molar-refractivity contribution in [2.45, 2.75) is 24.8 Å². The first-order valence-corrected chi connectivity index (χ1v) is 7.95. The average Bonchev–Trinajstić information content (AvgIpc) is 2.47. The van der Waals surface area contributed by atoms with Crippen molar-refractivity contribution in [2.75, 3.05) is 0 Å². The highest BCUT2D eigenvalue weighted by atomic mass is 32.2. The van der Waals surface area contributed by atoms with E-state index in [1.807, 2.05) is 6.92 Å². The second kappa shape index (κ2) is 6.25. The van der Waals surface area contributed by atoms with Crippen LogP contribution in [0.1, 0.15) is 24.2 Å². The number of hydrogen-bond donors (Lipinski definition) is 0. The Hall–Kier alpha value is -2.25. The molecule has 0 aliphatic heterocycles. The lowest BCUT2D eigenvalue weighted by Gasteiger charge is -2.13. The van der Waals surface area contributed by atoms with Gasteiger partial charge in [0.05, 0.1) is 15.9 Å². The van der Waals surface area contributed by atoms with Gasteiger partial charge in [0, 0.05) is 12.1 Å². The molecule has 0 radical (unpaired) electrons. The highest BCUT2D eigenvalue weighted by Crippen LogP contribution is 2.26. The summed E-state index contributed by atoms with van der Waals surface area (Å²) in [6, 6.07) is 12.0. The van der Waals surface area contributed by atoms with Crippen molar-refractivity contribution < 1.29 is 17.5 Å². The Morgan fingerprint density at radius 1 is 1.18 bits per heavy atom. The van der Waals surface area contributed by atoms with Crippen LogP contribution < -0.4 is 0 Å². The summed E-state index contributed by atoms with van der Waals surface area (Å²) in [6.45, 7) is 3.38. The topological polar surface area (TPSA) is 86.5 Å². The van der Waals surface area contributed by atoms with E-state index >= 15 is 0 Å². The van der Waals surface area contributed by atoms with Gasteiger partial charge in [0.15, 0.2) is 0 Å². The standard InChI is InChI=1S/C15H15NO5S/c1-11-6-8-15(9-7-11)22(19,20)21-12(2)13-4-3-5-14(10-13)16(17)18/h3-10,12H,1-2H3/i19+2,20+2,21+0. The molecule has 0 saturated carbocycles. The van der Waals surface area contributed by atoms with Gasteiger partial charge in [-0.1, -0.05) is 29.8 Å². The fourth-order valence-electron chi connectivity index (χ4n) is 1.90. The minimum Gasteiger partial charge on any atom is -0.258 e. The Morgan fingerprint density at radius 2 is 1.82 bits per heavy atom. The largest absolute Gasteiger partial charge is 0.297 e. The van der Waals surface area contributed by atoms with Crippen LogP contribution in [0.15, 0.2) is 53.4 Å². The lowest BCUT2D eigenvalue weighted by Crippen LogP contribution is -2.10. The number of hydrogen-bond acceptors (Lipinski definition) is 5. The molecule has 1 atom stereocenters. The van der Waals surface area contributed by atoms with Gasteiger partial charge >= 0.3 is 0 Å². The van der Waals surface area contributed by atoms with Gasteiger partial charge in [-0.15, -0.1) is 0 Å². The van der Waals surface area contributed by atoms with Crippen LogP contribution in [0.2, 0.25) is 0 Å². The molecule has 6 nitrogen and oxygen atoms in total. The molecule has 0 N–H and O–H groups in total. The van der Waals surface area contributed by atoms with Crippen LogP contribution >= 0.6 is 0 Å². The first-order valence-electron chi connectivity index (χ1n) is 6.54. The molecule has 0 aliphatic rings. The van der Waals surface area contributed by atoms with Gasteiger partial charge in [-0.3, -0.25) is 14.3 Å². The maximum absolute atomic E-state index is 12.2. The monoisotopic (exact) mass is 325 g/mol. The zero-order chi connectivity index (χ0) is 16.3. The van der Waals surface area contributed by atoms with Crippen molar-refractivity contribution in [3.63, 3.8) is 0 Å². The van der Waals surface area contributed by atoms with E-state index in [9.17, 15) is 18.5 Å². The molecular formula is C15H15NO5S. The van der Waals surface area contributed by atoms with Crippen LogP contribution in [0.3, 0.4) is 0 Å². The predicted octanol–water partition coefficient (Wildman–Crippen LogP) is 3.37. The molecule has 0 aromatic heterocycles. The molecule has 7 heteroatoms. The number of rotatable bonds is 5. The summed E-state index contributed by atoms with van der Waals surface area (Å²) in [6.07, 6.45) is -0.828. The molecule has 0 saturated heterocycles. The maximum atomic E-state index is 12.2. The quantitative estimate of drug-likeness (QED) is 0.364. The van der Waals surface area contributed by atoms with Crippen molar-refractivity contribution in [2.24, 2.45) is 0 Å². The van der Waals surface area contributed by atoms with E-state index in [2.05, 4.69) is 0 Å². The number of aryl methyl sites for hydroxylation is 1. The first-order chi connectivity index (χ1) is 10.3. The van der Waals surface area contributed by atoms with Gasteiger partial charge < -0.3 is 0 Å². The Bertz CT molecular complexity index is 784. The number of non-ortho nitro benzene ring substituents is 1. The third-order valence-corrected chi connectivity index (χ3v) is 4.52. The molecule has 0 amide bonds. The van der Waals surface area contributed by atoms with Gasteiger partial charge in [-0.2, -0.15) is 8.42 Å². The van der Waals surface area contributed by atoms with E-state index in [1.54, 1.807) is 18.2 Å². The van der Waals surface area contributed by atoms with E-state index < -0.39 is 21.1 Å². The summed E-state index contributed by atoms with van der Waals surface area (Å²) in [5, 5.41) is 10.8. The number of nitro groups is 1. The van der Waals surface area contributed by atoms with Crippen molar-refractivity contribution in [1.82, 2.24) is 0 Å². The van der Waals surface area contributed by atoms with Crippen LogP contribution in [0.5, 0.6) is 0 Å². The molecule has 22 heavy (non-hydrogen) atoms. The molecule has 0 spiro atoms. The van der Waals surface area contributed by atoms with E-state index in [4.69, 9.17) is 4.18 Å². The van der Waals surface area contributed by atoms with Crippen LogP contribution in [-0.4, -0.2) is 13.3 Å². The summed E-state index contributed by atoms with van der Waals surface area (Å²) in [5.74, 6) is 0. The highest BCUT2D eigenvalue weighted by molar-refractivity contribution is 7.86. The lowest BCUT2D eigenvalue weighted by molar-refractivity contribution is -0.385. The fraction of sp³-hybridized carbons (Fsp3) is 0.200. The minimum absolute atomic E-state index is 0.0513. The van der Waals surface area contributed by atoms with E-state index in [0.29, 0.717) is 5.56 Å². The molecule has 0 fully saturated rings. The summed E-state index contributed by atoms with van der Waals surface area (Å²) in [5.41, 5.74) is 1.25. The molecule has 2 rings (SSSR count). The van der Waals surface area contributed by atoms with Crippen molar-refractivity contribution in [1.29, 1.82) is 0 Å². The van der Waals surface area contributed by atoms with Crippen LogP contribution in [0.4, 0.5) is 5.69 Å². The zero-order valence-corrected chi connectivity index (χ0v) is 12.9. The average molecular weight is 325 g/mol. The van der Waals surface area contributed by atoms with Crippen molar-refractivity contribution in [3.05, 3.63) is 69.8 Å². The minimum atomic E-state index is -3.93. The Kier molecular flexibility index (Phi) is 4.58. The van der Waals surface area contributed by atoms with E-state index in [-0.39, 0.29) is 10.6 Å². The summed E-state index contributed by atoms with van der Waals surface area (Å²) >= 11 is 0. The summed E-state index contributed by atoms with van der Waals surface area (Å²) in [7, 11) is -3.93. The maximum Gasteiger partial charge on any atom is 0.297 e. The second-order valence-electron chi connectivity index (χ2n) is 4.86. The van der Waals surface area contributed by atoms with Crippen molar-refractivity contribution >= 4 is 15.8 Å². The molecule has 0 bridgehead atoms. The first kappa shape index (κ1) is 16.1. The molecule has 2 aromatic rings. The number of benzene rings is 2. The van der Waals surface area contributed by atoms with E-state index in [1.165, 1.54) is 37.3 Å². The lowest BCUT2D eigenvalue weighted by atomic mass is 10.1. The van der Waals surface area contributed by atoms with Gasteiger partial charge in [-0.25, -0.2) is 0 Å². The fourth-order valence-corrected chi connectivity index (χ4v) is 2.97. The number of nitrogens with zero attached hydrogens (tertiary/aromatic N) is 1. The molecule has 1 unspecified atom stereocenters. The molecule has 116 valence electrons. The SMILES string of the molecule is Cc1ccc(S(=[18O])(=[18O])[16O]C(C)c2cccc([N+](=O)[O-])c2)cc1. The summed E-state index contributed by atoms with van der Waals surface area (Å²) < 4.78 is 29.5. The molecule has 0 aliphatic carbocycles.